The lowest BCUT2D eigenvalue weighted by atomic mass is 10.4. The fourth-order valence-corrected chi connectivity index (χ4v) is 1.26. The second kappa shape index (κ2) is 2.58. The zero-order valence-electron chi connectivity index (χ0n) is 5.01. The summed E-state index contributed by atoms with van der Waals surface area (Å²) >= 11 is 1.52. The van der Waals surface area contributed by atoms with Gasteiger partial charge in [-0.1, -0.05) is 0 Å². The fraction of sp³-hybridized carbons (Fsp3) is 0.167. The Kier molecular flexibility index (Phi) is 1.78. The van der Waals surface area contributed by atoms with Crippen molar-refractivity contribution in [2.45, 2.75) is 6.92 Å². The van der Waals surface area contributed by atoms with Gasteiger partial charge in [0, 0.05) is 0 Å². The molecule has 1 heterocycles. The second-order valence-corrected chi connectivity index (χ2v) is 2.58. The molecule has 9 heavy (non-hydrogen) atoms. The van der Waals surface area contributed by atoms with Crippen molar-refractivity contribution in [2.24, 2.45) is 4.99 Å². The van der Waals surface area contributed by atoms with Crippen molar-refractivity contribution in [3.8, 4) is 0 Å². The van der Waals surface area contributed by atoms with Gasteiger partial charge in [0.15, 0.2) is 0 Å². The SMILES string of the molecule is Cc1csc(N=C=N)c1. The minimum atomic E-state index is 0.850. The number of hydrogen-bond donors (Lipinski definition) is 1. The highest BCUT2D eigenvalue weighted by Gasteiger charge is 1.89. The van der Waals surface area contributed by atoms with Gasteiger partial charge in [0.25, 0.3) is 0 Å². The predicted octanol–water partition coefficient (Wildman–Crippen LogP) is 2.44. The Hall–Kier alpha value is -0.920. The van der Waals surface area contributed by atoms with E-state index < -0.39 is 0 Å². The number of thiophene rings is 1. The van der Waals surface area contributed by atoms with Crippen molar-refractivity contribution >= 4 is 22.3 Å². The van der Waals surface area contributed by atoms with Gasteiger partial charge in [-0.15, -0.1) is 11.3 Å². The molecule has 0 saturated heterocycles. The van der Waals surface area contributed by atoms with Crippen LogP contribution < -0.4 is 0 Å². The molecule has 0 radical (unpaired) electrons. The van der Waals surface area contributed by atoms with Crippen LogP contribution in [0.3, 0.4) is 0 Å². The standard InChI is InChI=1S/C6H6N2S/c1-5-2-6(8-4-7)9-3-5/h2-3,7H,1H3. The van der Waals surface area contributed by atoms with Crippen LogP contribution in [0.1, 0.15) is 5.56 Å². The molecule has 1 rings (SSSR count). The molecular formula is C6H6N2S. The molecule has 0 aliphatic carbocycles. The van der Waals surface area contributed by atoms with Crippen LogP contribution in [0.25, 0.3) is 0 Å². The molecule has 0 aliphatic rings. The third-order valence-corrected chi connectivity index (χ3v) is 1.82. The quantitative estimate of drug-likeness (QED) is 0.579. The highest BCUT2D eigenvalue weighted by molar-refractivity contribution is 7.14. The molecule has 0 fully saturated rings. The van der Waals surface area contributed by atoms with Gasteiger partial charge in [-0.25, -0.2) is 5.41 Å². The molecule has 2 nitrogen and oxygen atoms in total. The summed E-state index contributed by atoms with van der Waals surface area (Å²) in [5.41, 5.74) is 1.19. The fourth-order valence-electron chi connectivity index (χ4n) is 0.530. The van der Waals surface area contributed by atoms with Crippen LogP contribution in [0.2, 0.25) is 0 Å². The number of nitrogens with one attached hydrogen (secondary N) is 1. The predicted molar refractivity (Wildman–Crippen MR) is 38.9 cm³/mol. The minimum absolute atomic E-state index is 0.850. The van der Waals surface area contributed by atoms with Crippen molar-refractivity contribution < 1.29 is 0 Å². The van der Waals surface area contributed by atoms with Gasteiger partial charge in [-0.05, 0) is 23.9 Å². The van der Waals surface area contributed by atoms with Crippen LogP contribution in [0, 0.1) is 12.3 Å². The summed E-state index contributed by atoms with van der Waals surface area (Å²) in [7, 11) is 0. The molecule has 1 N–H and O–H groups in total. The smallest absolute Gasteiger partial charge is 0.127 e. The number of aryl methyl sites for hydroxylation is 1. The molecule has 3 heteroatoms. The first-order valence-electron chi connectivity index (χ1n) is 2.50. The molecule has 0 amide bonds. The Balaban J connectivity index is 2.97. The summed E-state index contributed by atoms with van der Waals surface area (Å²) in [5.74, 6) is 0. The van der Waals surface area contributed by atoms with Crippen LogP contribution in [-0.4, -0.2) is 6.01 Å². The van der Waals surface area contributed by atoms with Crippen molar-refractivity contribution in [2.75, 3.05) is 0 Å². The van der Waals surface area contributed by atoms with E-state index in [1.807, 2.05) is 24.4 Å². The lowest BCUT2D eigenvalue weighted by Crippen LogP contribution is -1.51. The van der Waals surface area contributed by atoms with E-state index >= 15 is 0 Å². The average Bonchev–Trinajstić information content (AvgIpc) is 2.17. The second-order valence-electron chi connectivity index (χ2n) is 1.69. The van der Waals surface area contributed by atoms with Crippen LogP contribution in [0.4, 0.5) is 5.00 Å². The van der Waals surface area contributed by atoms with E-state index in [2.05, 4.69) is 4.99 Å². The molecule has 0 aliphatic heterocycles. The van der Waals surface area contributed by atoms with Crippen molar-refractivity contribution in [3.63, 3.8) is 0 Å². The number of rotatable bonds is 1. The Morgan fingerprint density at radius 1 is 1.78 bits per heavy atom. The molecule has 0 aromatic carbocycles. The zero-order valence-corrected chi connectivity index (χ0v) is 5.83. The van der Waals surface area contributed by atoms with E-state index in [1.165, 1.54) is 16.9 Å². The molecule has 1 aromatic rings. The first-order chi connectivity index (χ1) is 4.33. The molecular weight excluding hydrogens is 132 g/mol. The highest BCUT2D eigenvalue weighted by Crippen LogP contribution is 2.21. The van der Waals surface area contributed by atoms with Crippen molar-refractivity contribution in [1.82, 2.24) is 0 Å². The zero-order chi connectivity index (χ0) is 6.69. The Labute approximate surface area is 57.4 Å². The van der Waals surface area contributed by atoms with Gasteiger partial charge in [-0.3, -0.25) is 0 Å². The summed E-state index contributed by atoms with van der Waals surface area (Å²) in [6, 6.07) is 3.91. The summed E-state index contributed by atoms with van der Waals surface area (Å²) in [6.45, 7) is 2.00. The largest absolute Gasteiger partial charge is 0.241 e. The lowest BCUT2D eigenvalue weighted by molar-refractivity contribution is 1.50. The Morgan fingerprint density at radius 3 is 3.00 bits per heavy atom. The number of nitrogens with zero attached hydrogens (tertiary/aromatic N) is 1. The normalized spacial score (nSPS) is 8.56. The van der Waals surface area contributed by atoms with Gasteiger partial charge in [0.05, 0.1) is 6.01 Å². The maximum atomic E-state index is 6.54. The van der Waals surface area contributed by atoms with Crippen LogP contribution >= 0.6 is 11.3 Å². The first-order valence-corrected chi connectivity index (χ1v) is 3.38. The molecule has 46 valence electrons. The number of aliphatic imine (C=N–C) groups is 1. The van der Waals surface area contributed by atoms with E-state index in [9.17, 15) is 0 Å². The van der Waals surface area contributed by atoms with E-state index in [1.54, 1.807) is 0 Å². The summed E-state index contributed by atoms with van der Waals surface area (Å²) in [6.07, 6.45) is 0. The first kappa shape index (κ1) is 6.20. The summed E-state index contributed by atoms with van der Waals surface area (Å²) < 4.78 is 0. The summed E-state index contributed by atoms with van der Waals surface area (Å²) in [5, 5.41) is 9.39. The van der Waals surface area contributed by atoms with Crippen molar-refractivity contribution in [3.05, 3.63) is 17.0 Å². The van der Waals surface area contributed by atoms with E-state index in [0.29, 0.717) is 0 Å². The molecule has 0 atom stereocenters. The molecule has 0 unspecified atom stereocenters. The highest BCUT2D eigenvalue weighted by atomic mass is 32.1. The topological polar surface area (TPSA) is 36.2 Å². The van der Waals surface area contributed by atoms with Crippen LogP contribution in [0.5, 0.6) is 0 Å². The maximum Gasteiger partial charge on any atom is 0.127 e. The van der Waals surface area contributed by atoms with Gasteiger partial charge >= 0.3 is 0 Å². The number of hydrogen-bond acceptors (Lipinski definition) is 3. The summed E-state index contributed by atoms with van der Waals surface area (Å²) in [4.78, 5) is 3.66. The molecule has 0 saturated carbocycles. The minimum Gasteiger partial charge on any atom is -0.241 e. The monoisotopic (exact) mass is 138 g/mol. The van der Waals surface area contributed by atoms with Crippen LogP contribution in [-0.2, 0) is 0 Å². The van der Waals surface area contributed by atoms with Gasteiger partial charge in [0.1, 0.15) is 5.00 Å². The third kappa shape index (κ3) is 1.49. The maximum absolute atomic E-state index is 6.54. The van der Waals surface area contributed by atoms with Crippen LogP contribution in [0.15, 0.2) is 16.4 Å². The molecule has 0 bridgehead atoms. The average molecular weight is 138 g/mol. The Morgan fingerprint density at radius 2 is 2.56 bits per heavy atom. The van der Waals surface area contributed by atoms with Gasteiger partial charge < -0.3 is 0 Å². The third-order valence-electron chi connectivity index (χ3n) is 0.883. The lowest BCUT2D eigenvalue weighted by Gasteiger charge is -1.72. The van der Waals surface area contributed by atoms with Crippen molar-refractivity contribution in [1.29, 1.82) is 5.41 Å². The van der Waals surface area contributed by atoms with E-state index in [0.717, 1.165) is 5.00 Å². The van der Waals surface area contributed by atoms with E-state index in [4.69, 9.17) is 5.41 Å². The van der Waals surface area contributed by atoms with Gasteiger partial charge in [-0.2, -0.15) is 4.99 Å². The molecule has 1 aromatic heterocycles. The van der Waals surface area contributed by atoms with E-state index in [-0.39, 0.29) is 0 Å². The van der Waals surface area contributed by atoms with Gasteiger partial charge in [0.2, 0.25) is 0 Å². The molecule has 0 spiro atoms. The Bertz CT molecular complexity index is 245.